The molecule has 0 spiro atoms. The monoisotopic (exact) mass is 332 g/mol. The summed E-state index contributed by atoms with van der Waals surface area (Å²) in [6.07, 6.45) is 1.84. The van der Waals surface area contributed by atoms with Crippen LogP contribution in [0.2, 0.25) is 0 Å². The number of carbonyl (C=O) groups excluding carboxylic acids is 1. The molecule has 1 atom stereocenters. The number of pyridine rings is 1. The zero-order valence-corrected chi connectivity index (χ0v) is 15.2. The van der Waals surface area contributed by atoms with Crippen molar-refractivity contribution in [1.29, 1.82) is 0 Å². The van der Waals surface area contributed by atoms with Crippen LogP contribution in [0.15, 0.2) is 60.8 Å². The van der Waals surface area contributed by atoms with Crippen LogP contribution in [0.25, 0.3) is 10.9 Å². The molecule has 3 rings (SSSR count). The lowest BCUT2D eigenvalue weighted by Crippen LogP contribution is -2.41. The highest BCUT2D eigenvalue weighted by molar-refractivity contribution is 5.96. The second kappa shape index (κ2) is 6.67. The molecular formula is C22H24N2O. The van der Waals surface area contributed by atoms with Crippen molar-refractivity contribution >= 4 is 16.8 Å². The summed E-state index contributed by atoms with van der Waals surface area (Å²) < 4.78 is 0. The maximum atomic E-state index is 12.8. The van der Waals surface area contributed by atoms with E-state index in [1.807, 2.05) is 75.5 Å². The molecule has 3 aromatic rings. The largest absolute Gasteiger partial charge is 0.347 e. The van der Waals surface area contributed by atoms with E-state index < -0.39 is 0 Å². The number of para-hydroxylation sites is 1. The van der Waals surface area contributed by atoms with Gasteiger partial charge in [-0.15, -0.1) is 0 Å². The van der Waals surface area contributed by atoms with E-state index in [9.17, 15) is 4.79 Å². The molecule has 0 fully saturated rings. The summed E-state index contributed by atoms with van der Waals surface area (Å²) in [6, 6.07) is 18.0. The Morgan fingerprint density at radius 1 is 0.960 bits per heavy atom. The van der Waals surface area contributed by atoms with Crippen molar-refractivity contribution in [3.05, 3.63) is 77.5 Å². The number of fused-ring (bicyclic) bond motifs is 1. The minimum atomic E-state index is -0.267. The highest BCUT2D eigenvalue weighted by atomic mass is 16.1. The molecule has 1 aromatic heterocycles. The summed E-state index contributed by atoms with van der Waals surface area (Å²) in [5.74, 6) is 0.0585. The van der Waals surface area contributed by atoms with Gasteiger partial charge in [0.25, 0.3) is 5.91 Å². The SMILES string of the molecule is CC(c1ccccc1C(=O)NC(C)(C)C)c1ccnc2ccccc12. The number of aromatic nitrogens is 1. The molecule has 128 valence electrons. The zero-order chi connectivity index (χ0) is 18.0. The van der Waals surface area contributed by atoms with E-state index in [-0.39, 0.29) is 17.4 Å². The molecule has 1 N–H and O–H groups in total. The minimum absolute atomic E-state index is 0.0340. The normalized spacial score (nSPS) is 12.8. The minimum Gasteiger partial charge on any atom is -0.347 e. The molecule has 1 unspecified atom stereocenters. The van der Waals surface area contributed by atoms with Gasteiger partial charge in [0.2, 0.25) is 0 Å². The standard InChI is InChI=1S/C22H24N2O/c1-15(17-13-14-23-20-12-8-7-10-18(17)20)16-9-5-6-11-19(16)21(25)24-22(2,3)4/h5-15H,1-4H3,(H,24,25). The molecule has 1 amide bonds. The molecule has 25 heavy (non-hydrogen) atoms. The van der Waals surface area contributed by atoms with E-state index in [2.05, 4.69) is 23.3 Å². The van der Waals surface area contributed by atoms with E-state index in [0.717, 1.165) is 22.0 Å². The Morgan fingerprint density at radius 2 is 1.64 bits per heavy atom. The average molecular weight is 332 g/mol. The van der Waals surface area contributed by atoms with E-state index >= 15 is 0 Å². The van der Waals surface area contributed by atoms with Crippen LogP contribution < -0.4 is 5.32 Å². The summed E-state index contributed by atoms with van der Waals surface area (Å²) in [5, 5.41) is 4.20. The van der Waals surface area contributed by atoms with Crippen LogP contribution in [-0.4, -0.2) is 16.4 Å². The van der Waals surface area contributed by atoms with Gasteiger partial charge in [0.1, 0.15) is 0 Å². The first-order chi connectivity index (χ1) is 11.9. The van der Waals surface area contributed by atoms with Crippen LogP contribution >= 0.6 is 0 Å². The van der Waals surface area contributed by atoms with Crippen molar-refractivity contribution in [2.45, 2.75) is 39.2 Å². The molecule has 1 heterocycles. The van der Waals surface area contributed by atoms with Gasteiger partial charge >= 0.3 is 0 Å². The van der Waals surface area contributed by atoms with Gasteiger partial charge in [0, 0.05) is 28.6 Å². The van der Waals surface area contributed by atoms with Crippen LogP contribution in [0, 0.1) is 0 Å². The fourth-order valence-electron chi connectivity index (χ4n) is 3.15. The van der Waals surface area contributed by atoms with E-state index in [1.54, 1.807) is 0 Å². The van der Waals surface area contributed by atoms with Crippen LogP contribution in [-0.2, 0) is 0 Å². The van der Waals surface area contributed by atoms with Gasteiger partial charge in [0.15, 0.2) is 0 Å². The number of benzene rings is 2. The fraction of sp³-hybridized carbons (Fsp3) is 0.273. The third-order valence-corrected chi connectivity index (χ3v) is 4.31. The lowest BCUT2D eigenvalue weighted by atomic mass is 9.87. The Kier molecular flexibility index (Phi) is 4.58. The molecule has 0 aliphatic heterocycles. The Hall–Kier alpha value is -2.68. The highest BCUT2D eigenvalue weighted by Crippen LogP contribution is 2.31. The van der Waals surface area contributed by atoms with Gasteiger partial charge in [-0.05, 0) is 50.1 Å². The first kappa shape index (κ1) is 17.2. The van der Waals surface area contributed by atoms with Crippen molar-refractivity contribution in [3.63, 3.8) is 0 Å². The van der Waals surface area contributed by atoms with Crippen LogP contribution in [0.1, 0.15) is 55.1 Å². The number of nitrogens with zero attached hydrogens (tertiary/aromatic N) is 1. The topological polar surface area (TPSA) is 42.0 Å². The summed E-state index contributed by atoms with van der Waals surface area (Å²) in [4.78, 5) is 17.2. The number of rotatable bonds is 3. The Balaban J connectivity index is 2.06. The quantitative estimate of drug-likeness (QED) is 0.740. The van der Waals surface area contributed by atoms with Gasteiger partial charge in [-0.25, -0.2) is 0 Å². The summed E-state index contributed by atoms with van der Waals surface area (Å²) in [6.45, 7) is 8.12. The highest BCUT2D eigenvalue weighted by Gasteiger charge is 2.21. The molecule has 3 heteroatoms. The molecule has 0 saturated heterocycles. The maximum absolute atomic E-state index is 12.8. The Bertz CT molecular complexity index is 904. The van der Waals surface area contributed by atoms with Crippen LogP contribution in [0.4, 0.5) is 0 Å². The van der Waals surface area contributed by atoms with Crippen LogP contribution in [0.3, 0.4) is 0 Å². The van der Waals surface area contributed by atoms with E-state index in [0.29, 0.717) is 0 Å². The van der Waals surface area contributed by atoms with Crippen LogP contribution in [0.5, 0.6) is 0 Å². The van der Waals surface area contributed by atoms with Gasteiger partial charge in [-0.1, -0.05) is 43.3 Å². The molecule has 2 aromatic carbocycles. The molecule has 0 aliphatic rings. The molecule has 0 radical (unpaired) electrons. The van der Waals surface area contributed by atoms with Crippen molar-refractivity contribution < 1.29 is 4.79 Å². The molecule has 0 bridgehead atoms. The second-order valence-corrected chi connectivity index (χ2v) is 7.43. The third-order valence-electron chi connectivity index (χ3n) is 4.31. The summed E-state index contributed by atoms with van der Waals surface area (Å²) in [7, 11) is 0. The van der Waals surface area contributed by atoms with Crippen molar-refractivity contribution in [3.8, 4) is 0 Å². The maximum Gasteiger partial charge on any atom is 0.251 e. The van der Waals surface area contributed by atoms with Gasteiger partial charge < -0.3 is 5.32 Å². The van der Waals surface area contributed by atoms with Gasteiger partial charge in [0.05, 0.1) is 5.52 Å². The number of amides is 1. The second-order valence-electron chi connectivity index (χ2n) is 7.43. The predicted molar refractivity (Wildman–Crippen MR) is 103 cm³/mol. The Labute approximate surface area is 149 Å². The predicted octanol–water partition coefficient (Wildman–Crippen LogP) is 4.91. The summed E-state index contributed by atoms with van der Waals surface area (Å²) in [5.41, 5.74) is 3.65. The Morgan fingerprint density at radius 3 is 2.40 bits per heavy atom. The number of nitrogens with one attached hydrogen (secondary N) is 1. The first-order valence-electron chi connectivity index (χ1n) is 8.62. The molecule has 3 nitrogen and oxygen atoms in total. The molecule has 0 saturated carbocycles. The van der Waals surface area contributed by atoms with E-state index in [1.165, 1.54) is 5.56 Å². The van der Waals surface area contributed by atoms with Crippen molar-refractivity contribution in [1.82, 2.24) is 10.3 Å². The smallest absolute Gasteiger partial charge is 0.251 e. The zero-order valence-electron chi connectivity index (χ0n) is 15.2. The van der Waals surface area contributed by atoms with Gasteiger partial charge in [-0.2, -0.15) is 0 Å². The molecular weight excluding hydrogens is 308 g/mol. The first-order valence-corrected chi connectivity index (χ1v) is 8.62. The van der Waals surface area contributed by atoms with Crippen molar-refractivity contribution in [2.24, 2.45) is 0 Å². The van der Waals surface area contributed by atoms with Crippen molar-refractivity contribution in [2.75, 3.05) is 0 Å². The lowest BCUT2D eigenvalue weighted by Gasteiger charge is -2.23. The summed E-state index contributed by atoms with van der Waals surface area (Å²) >= 11 is 0. The fourth-order valence-corrected chi connectivity index (χ4v) is 3.15. The number of carbonyl (C=O) groups is 1. The van der Waals surface area contributed by atoms with E-state index in [4.69, 9.17) is 0 Å². The van der Waals surface area contributed by atoms with Gasteiger partial charge in [-0.3, -0.25) is 9.78 Å². The molecule has 0 aliphatic carbocycles. The lowest BCUT2D eigenvalue weighted by molar-refractivity contribution is 0.0918. The average Bonchev–Trinajstić information content (AvgIpc) is 2.59. The number of hydrogen-bond donors (Lipinski definition) is 1. The number of hydrogen-bond acceptors (Lipinski definition) is 2. The third kappa shape index (κ3) is 3.71.